The Morgan fingerprint density at radius 3 is 2.92 bits per heavy atom. The number of thioether (sulfide) groups is 1. The Morgan fingerprint density at radius 1 is 1.77 bits per heavy atom. The number of aliphatic hydroxyl groups excluding tert-OH is 1. The molecule has 0 bridgehead atoms. The molecule has 1 heterocycles. The molecule has 0 aromatic carbocycles. The fourth-order valence-corrected chi connectivity index (χ4v) is 1.66. The third kappa shape index (κ3) is 2.60. The quantitative estimate of drug-likeness (QED) is 0.666. The molecule has 1 aromatic rings. The van der Waals surface area contributed by atoms with Gasteiger partial charge in [-0.25, -0.2) is 9.89 Å². The van der Waals surface area contributed by atoms with E-state index < -0.39 is 0 Å². The monoisotopic (exact) mass is 203 g/mol. The second-order valence-corrected chi connectivity index (χ2v) is 3.96. The molecule has 1 unspecified atom stereocenters. The van der Waals surface area contributed by atoms with Crippen molar-refractivity contribution in [2.75, 3.05) is 12.4 Å². The Morgan fingerprint density at radius 2 is 2.46 bits per heavy atom. The van der Waals surface area contributed by atoms with Crippen LogP contribution in [0.2, 0.25) is 0 Å². The fraction of sp³-hybridized carbons (Fsp3) is 0.714. The molecule has 0 aliphatic rings. The summed E-state index contributed by atoms with van der Waals surface area (Å²) in [7, 11) is 1.66. The van der Waals surface area contributed by atoms with Crippen molar-refractivity contribution in [2.24, 2.45) is 13.0 Å². The molecule has 0 aliphatic heterocycles. The van der Waals surface area contributed by atoms with Gasteiger partial charge in [0.1, 0.15) is 0 Å². The van der Waals surface area contributed by atoms with Crippen LogP contribution in [0.25, 0.3) is 0 Å². The predicted octanol–water partition coefficient (Wildman–Crippen LogP) is -0.171. The van der Waals surface area contributed by atoms with Crippen LogP contribution in [0.3, 0.4) is 0 Å². The predicted molar refractivity (Wildman–Crippen MR) is 50.8 cm³/mol. The molecule has 0 fully saturated rings. The number of aromatic amines is 1. The minimum absolute atomic E-state index is 0.158. The maximum Gasteiger partial charge on any atom is 0.343 e. The smallest absolute Gasteiger partial charge is 0.343 e. The number of rotatable bonds is 4. The zero-order valence-corrected chi connectivity index (χ0v) is 8.47. The van der Waals surface area contributed by atoms with Gasteiger partial charge in [-0.15, -0.1) is 5.10 Å². The summed E-state index contributed by atoms with van der Waals surface area (Å²) in [5, 5.41) is 15.6. The minimum atomic E-state index is -0.209. The van der Waals surface area contributed by atoms with Gasteiger partial charge in [-0.05, 0) is 5.92 Å². The van der Waals surface area contributed by atoms with Crippen LogP contribution in [0.15, 0.2) is 9.95 Å². The molecule has 0 saturated carbocycles. The third-order valence-electron chi connectivity index (χ3n) is 1.65. The highest BCUT2D eigenvalue weighted by atomic mass is 32.2. The lowest BCUT2D eigenvalue weighted by Crippen LogP contribution is -2.13. The second kappa shape index (κ2) is 4.48. The van der Waals surface area contributed by atoms with E-state index in [1.54, 1.807) is 7.05 Å². The van der Waals surface area contributed by atoms with Crippen molar-refractivity contribution in [3.8, 4) is 0 Å². The molecule has 0 radical (unpaired) electrons. The van der Waals surface area contributed by atoms with E-state index in [9.17, 15) is 4.79 Å². The van der Waals surface area contributed by atoms with Crippen molar-refractivity contribution < 1.29 is 5.11 Å². The Hall–Kier alpha value is -0.750. The molecule has 1 atom stereocenters. The first-order chi connectivity index (χ1) is 6.15. The summed E-state index contributed by atoms with van der Waals surface area (Å²) in [6.45, 7) is 2.10. The number of aromatic nitrogens is 3. The Bertz CT molecular complexity index is 320. The Balaban J connectivity index is 2.55. The highest BCUT2D eigenvalue weighted by molar-refractivity contribution is 7.99. The van der Waals surface area contributed by atoms with Crippen molar-refractivity contribution in [3.63, 3.8) is 0 Å². The molecule has 13 heavy (non-hydrogen) atoms. The lowest BCUT2D eigenvalue weighted by molar-refractivity contribution is 0.250. The van der Waals surface area contributed by atoms with Gasteiger partial charge in [0.15, 0.2) is 5.16 Å². The number of hydrogen-bond acceptors (Lipinski definition) is 4. The molecule has 0 spiro atoms. The van der Waals surface area contributed by atoms with Gasteiger partial charge in [0.25, 0.3) is 0 Å². The van der Waals surface area contributed by atoms with Crippen molar-refractivity contribution >= 4 is 11.8 Å². The molecule has 1 rings (SSSR count). The van der Waals surface area contributed by atoms with Gasteiger partial charge < -0.3 is 5.11 Å². The van der Waals surface area contributed by atoms with Crippen molar-refractivity contribution in [1.29, 1.82) is 0 Å². The average Bonchev–Trinajstić information content (AvgIpc) is 2.44. The van der Waals surface area contributed by atoms with Crippen LogP contribution in [0.5, 0.6) is 0 Å². The summed E-state index contributed by atoms with van der Waals surface area (Å²) < 4.78 is 1.45. The van der Waals surface area contributed by atoms with E-state index in [1.165, 1.54) is 16.3 Å². The topological polar surface area (TPSA) is 70.9 Å². The lowest BCUT2D eigenvalue weighted by atomic mass is 10.2. The van der Waals surface area contributed by atoms with E-state index in [1.807, 2.05) is 6.92 Å². The summed E-state index contributed by atoms with van der Waals surface area (Å²) in [5.41, 5.74) is -0.209. The molecule has 1 aromatic heterocycles. The van der Waals surface area contributed by atoms with Crippen LogP contribution in [0, 0.1) is 5.92 Å². The molecule has 5 nitrogen and oxygen atoms in total. The largest absolute Gasteiger partial charge is 0.396 e. The van der Waals surface area contributed by atoms with Crippen LogP contribution < -0.4 is 5.69 Å². The average molecular weight is 203 g/mol. The van der Waals surface area contributed by atoms with E-state index in [-0.39, 0.29) is 18.2 Å². The van der Waals surface area contributed by atoms with Gasteiger partial charge in [-0.2, -0.15) is 0 Å². The maximum atomic E-state index is 10.9. The Labute approximate surface area is 80.2 Å². The molecular weight excluding hydrogens is 190 g/mol. The number of H-pyrrole nitrogens is 1. The highest BCUT2D eigenvalue weighted by Crippen LogP contribution is 2.15. The zero-order chi connectivity index (χ0) is 9.84. The normalized spacial score (nSPS) is 13.2. The first kappa shape index (κ1) is 10.3. The number of nitrogens with one attached hydrogen (secondary N) is 1. The fourth-order valence-electron chi connectivity index (χ4n) is 0.731. The molecule has 0 saturated heterocycles. The van der Waals surface area contributed by atoms with Crippen LogP contribution in [-0.4, -0.2) is 32.2 Å². The van der Waals surface area contributed by atoms with Gasteiger partial charge in [-0.3, -0.25) is 4.57 Å². The van der Waals surface area contributed by atoms with E-state index in [0.717, 1.165) is 5.75 Å². The van der Waals surface area contributed by atoms with E-state index in [0.29, 0.717) is 5.16 Å². The van der Waals surface area contributed by atoms with E-state index in [4.69, 9.17) is 5.11 Å². The standard InChI is InChI=1S/C7H13N3O2S/c1-5(3-11)4-13-7-9-8-6(12)10(7)2/h5,11H,3-4H2,1-2H3,(H,8,12). The van der Waals surface area contributed by atoms with Gasteiger partial charge in [0, 0.05) is 19.4 Å². The van der Waals surface area contributed by atoms with Gasteiger partial charge in [0.05, 0.1) is 0 Å². The summed E-state index contributed by atoms with van der Waals surface area (Å²) in [6.07, 6.45) is 0. The Kier molecular flexibility index (Phi) is 3.56. The van der Waals surface area contributed by atoms with Crippen LogP contribution in [0.1, 0.15) is 6.92 Å². The third-order valence-corrected chi connectivity index (χ3v) is 3.01. The van der Waals surface area contributed by atoms with Crippen molar-refractivity contribution in [3.05, 3.63) is 10.5 Å². The van der Waals surface area contributed by atoms with Crippen LogP contribution >= 0.6 is 11.8 Å². The summed E-state index contributed by atoms with van der Waals surface area (Å²) in [5.74, 6) is 0.978. The van der Waals surface area contributed by atoms with Crippen molar-refractivity contribution in [2.45, 2.75) is 12.1 Å². The molecule has 0 aliphatic carbocycles. The molecular formula is C7H13N3O2S. The van der Waals surface area contributed by atoms with Gasteiger partial charge in [-0.1, -0.05) is 18.7 Å². The van der Waals surface area contributed by atoms with Crippen LogP contribution in [-0.2, 0) is 7.05 Å². The maximum absolute atomic E-state index is 10.9. The zero-order valence-electron chi connectivity index (χ0n) is 7.65. The first-order valence-corrected chi connectivity index (χ1v) is 4.98. The lowest BCUT2D eigenvalue weighted by Gasteiger charge is -2.05. The summed E-state index contributed by atoms with van der Waals surface area (Å²) in [4.78, 5) is 10.9. The molecule has 2 N–H and O–H groups in total. The van der Waals surface area contributed by atoms with Crippen molar-refractivity contribution in [1.82, 2.24) is 14.8 Å². The van der Waals surface area contributed by atoms with Gasteiger partial charge in [0.2, 0.25) is 0 Å². The summed E-state index contributed by atoms with van der Waals surface area (Å²) in [6, 6.07) is 0. The number of hydrogen-bond donors (Lipinski definition) is 2. The van der Waals surface area contributed by atoms with E-state index >= 15 is 0 Å². The SMILES string of the molecule is CC(CO)CSc1n[nH]c(=O)n1C. The number of aliphatic hydroxyl groups is 1. The number of nitrogens with zero attached hydrogens (tertiary/aromatic N) is 2. The highest BCUT2D eigenvalue weighted by Gasteiger charge is 2.06. The summed E-state index contributed by atoms with van der Waals surface area (Å²) >= 11 is 1.46. The molecule has 0 amide bonds. The first-order valence-electron chi connectivity index (χ1n) is 4.00. The molecule has 6 heteroatoms. The molecule has 74 valence electrons. The van der Waals surface area contributed by atoms with Crippen LogP contribution in [0.4, 0.5) is 0 Å². The van der Waals surface area contributed by atoms with E-state index in [2.05, 4.69) is 10.2 Å². The van der Waals surface area contributed by atoms with Gasteiger partial charge >= 0.3 is 5.69 Å². The second-order valence-electron chi connectivity index (χ2n) is 2.97. The minimum Gasteiger partial charge on any atom is -0.396 e.